The Morgan fingerprint density at radius 2 is 1.77 bits per heavy atom. The summed E-state index contributed by atoms with van der Waals surface area (Å²) in [5.74, 6) is 0.795. The third-order valence-electron chi connectivity index (χ3n) is 1.19. The highest BCUT2D eigenvalue weighted by Gasteiger charge is 1.94. The maximum absolute atomic E-state index is 10.6. The second-order valence-corrected chi connectivity index (χ2v) is 3.35. The van der Waals surface area contributed by atoms with Crippen LogP contribution in [-0.2, 0) is 4.79 Å². The van der Waals surface area contributed by atoms with Gasteiger partial charge < -0.3 is 0 Å². The van der Waals surface area contributed by atoms with Gasteiger partial charge in [-0.25, -0.2) is 0 Å². The smallest absolute Gasteiger partial charge is 0.140 e. The van der Waals surface area contributed by atoms with Gasteiger partial charge in [0, 0.05) is 4.90 Å². The van der Waals surface area contributed by atoms with Crippen molar-refractivity contribution in [2.24, 2.45) is 0 Å². The van der Waals surface area contributed by atoms with Crippen molar-refractivity contribution in [2.45, 2.75) is 25.7 Å². The number of benzene rings is 1. The standard InChI is InChI=1S/C9H10OS.C2H6/c1-8(10)7-11-9-5-3-2-4-6-9;1-2/h2-6H,7H2,1H3;1-2H3. The molecule has 1 nitrogen and oxygen atoms in total. The van der Waals surface area contributed by atoms with Crippen LogP contribution in [0.1, 0.15) is 20.8 Å². The van der Waals surface area contributed by atoms with Crippen LogP contribution in [0.15, 0.2) is 35.2 Å². The highest BCUT2D eigenvalue weighted by atomic mass is 32.2. The summed E-state index contributed by atoms with van der Waals surface area (Å²) in [7, 11) is 0. The van der Waals surface area contributed by atoms with Crippen molar-refractivity contribution in [2.75, 3.05) is 5.75 Å². The van der Waals surface area contributed by atoms with Gasteiger partial charge in [-0.3, -0.25) is 4.79 Å². The maximum Gasteiger partial charge on any atom is 0.140 e. The fourth-order valence-corrected chi connectivity index (χ4v) is 1.42. The normalized spacial score (nSPS) is 8.54. The molecule has 0 unspecified atom stereocenters. The van der Waals surface area contributed by atoms with Crippen LogP contribution < -0.4 is 0 Å². The molecule has 0 aliphatic carbocycles. The van der Waals surface area contributed by atoms with Gasteiger partial charge >= 0.3 is 0 Å². The molecule has 0 aliphatic rings. The lowest BCUT2D eigenvalue weighted by molar-refractivity contribution is -0.114. The number of carbonyl (C=O) groups is 1. The van der Waals surface area contributed by atoms with Gasteiger partial charge in [0.2, 0.25) is 0 Å². The summed E-state index contributed by atoms with van der Waals surface area (Å²) in [6, 6.07) is 9.93. The van der Waals surface area contributed by atoms with E-state index in [0.717, 1.165) is 4.90 Å². The Kier molecular flexibility index (Phi) is 7.41. The molecule has 0 radical (unpaired) electrons. The molecular formula is C11H16OS. The van der Waals surface area contributed by atoms with E-state index in [1.165, 1.54) is 0 Å². The number of rotatable bonds is 3. The highest BCUT2D eigenvalue weighted by molar-refractivity contribution is 8.00. The fourth-order valence-electron chi connectivity index (χ4n) is 0.702. The lowest BCUT2D eigenvalue weighted by Crippen LogP contribution is -1.92. The first-order valence-electron chi connectivity index (χ1n) is 4.46. The average Bonchev–Trinajstić information content (AvgIpc) is 2.19. The van der Waals surface area contributed by atoms with Crippen molar-refractivity contribution in [3.05, 3.63) is 30.3 Å². The summed E-state index contributed by atoms with van der Waals surface area (Å²) in [6.45, 7) is 5.61. The molecule has 0 heterocycles. The van der Waals surface area contributed by atoms with Gasteiger partial charge in [-0.1, -0.05) is 32.0 Å². The lowest BCUT2D eigenvalue weighted by atomic mass is 10.4. The quantitative estimate of drug-likeness (QED) is 0.689. The molecule has 0 spiro atoms. The minimum atomic E-state index is 0.221. The molecule has 1 aromatic carbocycles. The van der Waals surface area contributed by atoms with E-state index in [1.807, 2.05) is 44.2 Å². The van der Waals surface area contributed by atoms with E-state index in [1.54, 1.807) is 18.7 Å². The van der Waals surface area contributed by atoms with Gasteiger partial charge in [0.1, 0.15) is 5.78 Å². The molecule has 0 atom stereocenters. The van der Waals surface area contributed by atoms with Gasteiger partial charge in [0.25, 0.3) is 0 Å². The molecule has 72 valence electrons. The Hall–Kier alpha value is -0.760. The fraction of sp³-hybridized carbons (Fsp3) is 0.364. The van der Waals surface area contributed by atoms with E-state index in [2.05, 4.69) is 0 Å². The summed E-state index contributed by atoms with van der Waals surface area (Å²) < 4.78 is 0. The first-order chi connectivity index (χ1) is 6.29. The largest absolute Gasteiger partial charge is 0.299 e. The van der Waals surface area contributed by atoms with Crippen LogP contribution >= 0.6 is 11.8 Å². The molecule has 0 bridgehead atoms. The Labute approximate surface area is 84.5 Å². The van der Waals surface area contributed by atoms with E-state index in [-0.39, 0.29) is 5.78 Å². The van der Waals surface area contributed by atoms with Crippen LogP contribution in [0, 0.1) is 0 Å². The molecule has 0 saturated heterocycles. The zero-order valence-corrected chi connectivity index (χ0v) is 9.23. The number of carbonyl (C=O) groups excluding carboxylic acids is 1. The van der Waals surface area contributed by atoms with Crippen molar-refractivity contribution in [3.63, 3.8) is 0 Å². The van der Waals surface area contributed by atoms with Crippen LogP contribution in [-0.4, -0.2) is 11.5 Å². The molecule has 1 rings (SSSR count). The number of hydrogen-bond acceptors (Lipinski definition) is 2. The Bertz CT molecular complexity index is 231. The molecule has 0 aliphatic heterocycles. The number of hydrogen-bond donors (Lipinski definition) is 0. The number of ketones is 1. The summed E-state index contributed by atoms with van der Waals surface area (Å²) in [5.41, 5.74) is 0. The van der Waals surface area contributed by atoms with Gasteiger partial charge in [0.05, 0.1) is 5.75 Å². The number of Topliss-reactive ketones (excluding diaryl/α,β-unsaturated/α-hetero) is 1. The molecule has 2 heteroatoms. The van der Waals surface area contributed by atoms with Crippen LogP contribution in [0.5, 0.6) is 0 Å². The van der Waals surface area contributed by atoms with Crippen LogP contribution in [0.4, 0.5) is 0 Å². The Morgan fingerprint density at radius 1 is 1.23 bits per heavy atom. The van der Waals surface area contributed by atoms with Crippen molar-refractivity contribution in [1.82, 2.24) is 0 Å². The molecule has 0 fully saturated rings. The van der Waals surface area contributed by atoms with E-state index in [4.69, 9.17) is 0 Å². The minimum absolute atomic E-state index is 0.221. The van der Waals surface area contributed by atoms with Crippen LogP contribution in [0.25, 0.3) is 0 Å². The lowest BCUT2D eigenvalue weighted by Gasteiger charge is -1.95. The zero-order chi connectivity index (χ0) is 10.1. The second kappa shape index (κ2) is 7.87. The van der Waals surface area contributed by atoms with Crippen LogP contribution in [0.2, 0.25) is 0 Å². The summed E-state index contributed by atoms with van der Waals surface area (Å²) >= 11 is 1.58. The monoisotopic (exact) mass is 196 g/mol. The van der Waals surface area contributed by atoms with E-state index < -0.39 is 0 Å². The Balaban J connectivity index is 0.000000671. The first-order valence-corrected chi connectivity index (χ1v) is 5.45. The van der Waals surface area contributed by atoms with Crippen molar-refractivity contribution in [3.8, 4) is 0 Å². The average molecular weight is 196 g/mol. The number of thioether (sulfide) groups is 1. The van der Waals surface area contributed by atoms with Crippen molar-refractivity contribution >= 4 is 17.5 Å². The third kappa shape index (κ3) is 6.41. The zero-order valence-electron chi connectivity index (χ0n) is 8.41. The molecular weight excluding hydrogens is 180 g/mol. The topological polar surface area (TPSA) is 17.1 Å². The summed E-state index contributed by atoms with van der Waals surface area (Å²) in [5, 5.41) is 0. The molecule has 0 aromatic heterocycles. The van der Waals surface area contributed by atoms with E-state index in [0.29, 0.717) is 5.75 Å². The van der Waals surface area contributed by atoms with E-state index in [9.17, 15) is 4.79 Å². The second-order valence-electron chi connectivity index (χ2n) is 2.30. The molecule has 0 saturated carbocycles. The SMILES string of the molecule is CC.CC(=O)CSc1ccccc1. The molecule has 1 aromatic rings. The molecule has 0 N–H and O–H groups in total. The van der Waals surface area contributed by atoms with Gasteiger partial charge in [0.15, 0.2) is 0 Å². The molecule has 0 amide bonds. The van der Waals surface area contributed by atoms with Crippen molar-refractivity contribution in [1.29, 1.82) is 0 Å². The minimum Gasteiger partial charge on any atom is -0.299 e. The molecule has 13 heavy (non-hydrogen) atoms. The van der Waals surface area contributed by atoms with Crippen LogP contribution in [0.3, 0.4) is 0 Å². The summed E-state index contributed by atoms with van der Waals surface area (Å²) in [4.78, 5) is 11.8. The third-order valence-corrected chi connectivity index (χ3v) is 2.34. The van der Waals surface area contributed by atoms with Gasteiger partial charge in [-0.15, -0.1) is 11.8 Å². The predicted octanol–water partition coefficient (Wildman–Crippen LogP) is 3.39. The van der Waals surface area contributed by atoms with E-state index >= 15 is 0 Å². The predicted molar refractivity (Wildman–Crippen MR) is 59.2 cm³/mol. The van der Waals surface area contributed by atoms with Crippen molar-refractivity contribution < 1.29 is 4.79 Å². The summed E-state index contributed by atoms with van der Waals surface area (Å²) in [6.07, 6.45) is 0. The maximum atomic E-state index is 10.6. The van der Waals surface area contributed by atoms with Gasteiger partial charge in [-0.2, -0.15) is 0 Å². The Morgan fingerprint density at radius 3 is 2.23 bits per heavy atom. The first kappa shape index (κ1) is 12.2. The highest BCUT2D eigenvalue weighted by Crippen LogP contribution is 2.16. The van der Waals surface area contributed by atoms with Gasteiger partial charge in [-0.05, 0) is 19.1 Å².